The van der Waals surface area contributed by atoms with Crippen molar-refractivity contribution in [3.8, 4) is 0 Å². The minimum absolute atomic E-state index is 0.484. The molecule has 2 N–H and O–H groups in total. The lowest BCUT2D eigenvalue weighted by molar-refractivity contribution is -0.145. The zero-order chi connectivity index (χ0) is 11.3. The maximum Gasteiger partial charge on any atom is 0.407 e. The Morgan fingerprint density at radius 2 is 1.73 bits per heavy atom. The van der Waals surface area contributed by atoms with Crippen LogP contribution in [-0.2, 0) is 9.53 Å². The maximum absolute atomic E-state index is 11.2. The third-order valence-electron chi connectivity index (χ3n) is 2.89. The van der Waals surface area contributed by atoms with E-state index in [2.05, 4.69) is 10.1 Å². The Bertz CT molecular complexity index is 244. The Hall–Kier alpha value is -1.26. The monoisotopic (exact) mass is 215 g/mol. The highest BCUT2D eigenvalue weighted by Gasteiger charge is 2.40. The van der Waals surface area contributed by atoms with Crippen molar-refractivity contribution in [3.05, 3.63) is 0 Å². The van der Waals surface area contributed by atoms with Crippen molar-refractivity contribution in [2.24, 2.45) is 0 Å². The largest absolute Gasteiger partial charge is 0.480 e. The summed E-state index contributed by atoms with van der Waals surface area (Å²) in [5.74, 6) is -0.963. The van der Waals surface area contributed by atoms with Crippen molar-refractivity contribution in [3.63, 3.8) is 0 Å². The third kappa shape index (κ3) is 2.84. The number of nitrogens with one attached hydrogen (secondary N) is 1. The van der Waals surface area contributed by atoms with Gasteiger partial charge in [-0.05, 0) is 12.8 Å². The van der Waals surface area contributed by atoms with Crippen molar-refractivity contribution >= 4 is 12.1 Å². The van der Waals surface area contributed by atoms with E-state index in [4.69, 9.17) is 0 Å². The molecule has 1 aliphatic carbocycles. The van der Waals surface area contributed by atoms with Gasteiger partial charge in [-0.25, -0.2) is 9.59 Å². The summed E-state index contributed by atoms with van der Waals surface area (Å²) in [6.45, 7) is 0. The highest BCUT2D eigenvalue weighted by Crippen LogP contribution is 2.27. The molecule has 1 rings (SSSR count). The van der Waals surface area contributed by atoms with Crippen LogP contribution < -0.4 is 5.32 Å². The number of methoxy groups -OCH3 is 1. The van der Waals surface area contributed by atoms with Crippen LogP contribution in [0.5, 0.6) is 0 Å². The molecule has 0 aromatic carbocycles. The van der Waals surface area contributed by atoms with Gasteiger partial charge in [-0.15, -0.1) is 0 Å². The lowest BCUT2D eigenvalue weighted by Gasteiger charge is -2.28. The molecule has 0 saturated heterocycles. The molecule has 5 heteroatoms. The summed E-state index contributed by atoms with van der Waals surface area (Å²) >= 11 is 0. The number of alkyl carbamates (subject to hydrolysis) is 1. The fraction of sp³-hybridized carbons (Fsp3) is 0.800. The predicted octanol–water partition coefficient (Wildman–Crippen LogP) is 1.52. The quantitative estimate of drug-likeness (QED) is 0.685. The van der Waals surface area contributed by atoms with Gasteiger partial charge in [0.1, 0.15) is 5.54 Å². The number of amides is 1. The fourth-order valence-electron chi connectivity index (χ4n) is 1.97. The molecular weight excluding hydrogens is 198 g/mol. The van der Waals surface area contributed by atoms with E-state index in [1.165, 1.54) is 7.11 Å². The summed E-state index contributed by atoms with van der Waals surface area (Å²) in [7, 11) is 1.24. The molecule has 15 heavy (non-hydrogen) atoms. The van der Waals surface area contributed by atoms with E-state index in [0.29, 0.717) is 12.8 Å². The second-order valence-electron chi connectivity index (χ2n) is 3.92. The van der Waals surface area contributed by atoms with E-state index in [9.17, 15) is 14.7 Å². The second-order valence-corrected chi connectivity index (χ2v) is 3.92. The molecule has 0 radical (unpaired) electrons. The number of carbonyl (C=O) groups excluding carboxylic acids is 1. The molecule has 0 bridgehead atoms. The molecule has 1 saturated carbocycles. The van der Waals surface area contributed by atoms with Gasteiger partial charge in [0.25, 0.3) is 0 Å². The van der Waals surface area contributed by atoms with Crippen LogP contribution in [0.15, 0.2) is 0 Å². The third-order valence-corrected chi connectivity index (χ3v) is 2.89. The van der Waals surface area contributed by atoms with Crippen molar-refractivity contribution in [1.29, 1.82) is 0 Å². The van der Waals surface area contributed by atoms with Gasteiger partial charge in [-0.1, -0.05) is 25.7 Å². The number of aliphatic carboxylic acids is 1. The van der Waals surface area contributed by atoms with E-state index in [1.54, 1.807) is 0 Å². The lowest BCUT2D eigenvalue weighted by atomic mass is 9.90. The molecule has 5 nitrogen and oxygen atoms in total. The van der Waals surface area contributed by atoms with Crippen molar-refractivity contribution in [1.82, 2.24) is 5.32 Å². The van der Waals surface area contributed by atoms with Crippen LogP contribution in [0.4, 0.5) is 4.79 Å². The standard InChI is InChI=1S/C10H17NO4/c1-15-9(14)11-10(8(12)13)6-4-2-3-5-7-10/h2-7H2,1H3,(H,11,14)(H,12,13). The number of carboxylic acids is 1. The van der Waals surface area contributed by atoms with E-state index in [0.717, 1.165) is 25.7 Å². The summed E-state index contributed by atoms with van der Waals surface area (Å²) in [6.07, 6.45) is 4.01. The van der Waals surface area contributed by atoms with E-state index in [1.807, 2.05) is 0 Å². The van der Waals surface area contributed by atoms with Gasteiger partial charge in [-0.3, -0.25) is 0 Å². The minimum atomic E-state index is -1.12. The van der Waals surface area contributed by atoms with Gasteiger partial charge in [0, 0.05) is 0 Å². The second kappa shape index (κ2) is 5.00. The average molecular weight is 215 g/mol. The van der Waals surface area contributed by atoms with Crippen LogP contribution in [0.1, 0.15) is 38.5 Å². The Labute approximate surface area is 88.8 Å². The number of carboxylic acid groups (broad SMARTS) is 1. The molecule has 0 aromatic heterocycles. The van der Waals surface area contributed by atoms with E-state index < -0.39 is 17.6 Å². The summed E-state index contributed by atoms with van der Waals surface area (Å²) in [6, 6.07) is 0. The van der Waals surface area contributed by atoms with Crippen LogP contribution in [0.2, 0.25) is 0 Å². The fourth-order valence-corrected chi connectivity index (χ4v) is 1.97. The molecule has 0 atom stereocenters. The first-order valence-corrected chi connectivity index (χ1v) is 5.20. The Morgan fingerprint density at radius 1 is 1.20 bits per heavy atom. The van der Waals surface area contributed by atoms with Gasteiger partial charge in [0.2, 0.25) is 0 Å². The topological polar surface area (TPSA) is 75.6 Å². The molecule has 1 aliphatic rings. The molecule has 0 aromatic rings. The molecule has 0 spiro atoms. The SMILES string of the molecule is COC(=O)NC1(C(=O)O)CCCCCC1. The molecule has 0 unspecified atom stereocenters. The Morgan fingerprint density at radius 3 is 2.13 bits per heavy atom. The van der Waals surface area contributed by atoms with Gasteiger partial charge >= 0.3 is 12.1 Å². The van der Waals surface area contributed by atoms with Crippen molar-refractivity contribution < 1.29 is 19.4 Å². The van der Waals surface area contributed by atoms with Gasteiger partial charge in [0.05, 0.1) is 7.11 Å². The maximum atomic E-state index is 11.2. The molecule has 0 heterocycles. The zero-order valence-corrected chi connectivity index (χ0v) is 8.91. The molecule has 1 fully saturated rings. The van der Waals surface area contributed by atoms with Crippen LogP contribution >= 0.6 is 0 Å². The van der Waals surface area contributed by atoms with Crippen LogP contribution in [0.3, 0.4) is 0 Å². The lowest BCUT2D eigenvalue weighted by Crippen LogP contribution is -2.54. The number of hydrogen-bond donors (Lipinski definition) is 2. The summed E-state index contributed by atoms with van der Waals surface area (Å²) in [5, 5.41) is 11.6. The van der Waals surface area contributed by atoms with E-state index in [-0.39, 0.29) is 0 Å². The summed E-state index contributed by atoms with van der Waals surface area (Å²) in [5.41, 5.74) is -1.12. The van der Waals surface area contributed by atoms with Crippen LogP contribution in [0.25, 0.3) is 0 Å². The van der Waals surface area contributed by atoms with Crippen LogP contribution in [0, 0.1) is 0 Å². The zero-order valence-electron chi connectivity index (χ0n) is 8.91. The molecule has 86 valence electrons. The van der Waals surface area contributed by atoms with Crippen LogP contribution in [-0.4, -0.2) is 29.8 Å². The molecular formula is C10H17NO4. The normalized spacial score (nSPS) is 20.1. The minimum Gasteiger partial charge on any atom is -0.480 e. The first-order chi connectivity index (χ1) is 7.10. The van der Waals surface area contributed by atoms with Gasteiger partial charge in [0.15, 0.2) is 0 Å². The molecule has 0 aliphatic heterocycles. The van der Waals surface area contributed by atoms with Crippen molar-refractivity contribution in [2.75, 3.05) is 7.11 Å². The number of hydrogen-bond acceptors (Lipinski definition) is 3. The van der Waals surface area contributed by atoms with Gasteiger partial charge in [-0.2, -0.15) is 0 Å². The summed E-state index contributed by atoms with van der Waals surface area (Å²) in [4.78, 5) is 22.3. The first kappa shape index (κ1) is 11.8. The van der Waals surface area contributed by atoms with Crippen molar-refractivity contribution in [2.45, 2.75) is 44.1 Å². The van der Waals surface area contributed by atoms with Gasteiger partial charge < -0.3 is 15.2 Å². The Balaban J connectivity index is 2.75. The Kier molecular flexibility index (Phi) is 3.94. The predicted molar refractivity (Wildman–Crippen MR) is 53.6 cm³/mol. The number of rotatable bonds is 2. The highest BCUT2D eigenvalue weighted by atomic mass is 16.5. The number of carbonyl (C=O) groups is 2. The average Bonchev–Trinajstić information content (AvgIpc) is 2.44. The molecule has 1 amide bonds. The summed E-state index contributed by atoms with van der Waals surface area (Å²) < 4.78 is 4.46. The highest BCUT2D eigenvalue weighted by molar-refractivity contribution is 5.84. The number of ether oxygens (including phenoxy) is 1. The smallest absolute Gasteiger partial charge is 0.407 e. The first-order valence-electron chi connectivity index (χ1n) is 5.20. The van der Waals surface area contributed by atoms with E-state index >= 15 is 0 Å².